The molecule has 1 heteroatoms. The minimum Gasteiger partial charge on any atom is -0.313 e. The predicted molar refractivity (Wildman–Crippen MR) is 45.0 cm³/mol. The van der Waals surface area contributed by atoms with Crippen LogP contribution in [0, 0.1) is 5.92 Å². The molecule has 0 radical (unpaired) electrons. The summed E-state index contributed by atoms with van der Waals surface area (Å²) < 4.78 is 0. The second kappa shape index (κ2) is 3.77. The Labute approximate surface area is 63.5 Å². The van der Waals surface area contributed by atoms with E-state index in [9.17, 15) is 0 Å². The molecule has 0 amide bonds. The summed E-state index contributed by atoms with van der Waals surface area (Å²) in [4.78, 5) is 0. The fraction of sp³-hybridized carbons (Fsp3) is 0.778. The van der Waals surface area contributed by atoms with Crippen LogP contribution in [0.15, 0.2) is 11.6 Å². The third-order valence-corrected chi connectivity index (χ3v) is 2.07. The molecule has 1 N–H and O–H groups in total. The van der Waals surface area contributed by atoms with Gasteiger partial charge < -0.3 is 5.32 Å². The highest BCUT2D eigenvalue weighted by Gasteiger charge is 2.04. The maximum Gasteiger partial charge on any atom is 0.0137 e. The summed E-state index contributed by atoms with van der Waals surface area (Å²) in [5.74, 6) is 0.750. The second-order valence-electron chi connectivity index (χ2n) is 3.24. The van der Waals surface area contributed by atoms with E-state index < -0.39 is 0 Å². The van der Waals surface area contributed by atoms with Gasteiger partial charge in [-0.1, -0.05) is 25.5 Å². The standard InChI is InChI=1S/C9H17N/c1-8(2)9-4-3-6-10-7-5-9/h5,8,10H,3-4,6-7H2,1-2H3. The van der Waals surface area contributed by atoms with Gasteiger partial charge in [0.2, 0.25) is 0 Å². The Hall–Kier alpha value is -0.300. The lowest BCUT2D eigenvalue weighted by Crippen LogP contribution is -2.12. The van der Waals surface area contributed by atoms with Crippen molar-refractivity contribution < 1.29 is 0 Å². The molecule has 1 heterocycles. The van der Waals surface area contributed by atoms with Crippen LogP contribution in [-0.4, -0.2) is 13.1 Å². The van der Waals surface area contributed by atoms with Crippen molar-refractivity contribution in [3.05, 3.63) is 11.6 Å². The van der Waals surface area contributed by atoms with E-state index in [1.807, 2.05) is 0 Å². The molecule has 0 fully saturated rings. The predicted octanol–water partition coefficient (Wildman–Crippen LogP) is 1.95. The first-order chi connectivity index (χ1) is 4.80. The first-order valence-corrected chi connectivity index (χ1v) is 4.20. The average Bonchev–Trinajstić information content (AvgIpc) is 2.12. The summed E-state index contributed by atoms with van der Waals surface area (Å²) in [6.45, 7) is 6.81. The van der Waals surface area contributed by atoms with Crippen molar-refractivity contribution in [1.82, 2.24) is 5.32 Å². The smallest absolute Gasteiger partial charge is 0.0137 e. The maximum absolute atomic E-state index is 3.36. The van der Waals surface area contributed by atoms with Crippen LogP contribution in [-0.2, 0) is 0 Å². The molecule has 1 aliphatic rings. The topological polar surface area (TPSA) is 12.0 Å². The van der Waals surface area contributed by atoms with Gasteiger partial charge in [0.15, 0.2) is 0 Å². The van der Waals surface area contributed by atoms with Crippen LogP contribution >= 0.6 is 0 Å². The minimum atomic E-state index is 0.750. The van der Waals surface area contributed by atoms with Crippen molar-refractivity contribution in [3.63, 3.8) is 0 Å². The zero-order valence-corrected chi connectivity index (χ0v) is 6.98. The largest absolute Gasteiger partial charge is 0.313 e. The van der Waals surface area contributed by atoms with Gasteiger partial charge >= 0.3 is 0 Å². The summed E-state index contributed by atoms with van der Waals surface area (Å²) in [5.41, 5.74) is 1.63. The molecule has 1 aliphatic heterocycles. The lowest BCUT2D eigenvalue weighted by molar-refractivity contribution is 0.673. The van der Waals surface area contributed by atoms with E-state index in [4.69, 9.17) is 0 Å². The van der Waals surface area contributed by atoms with Crippen molar-refractivity contribution in [3.8, 4) is 0 Å². The maximum atomic E-state index is 3.36. The normalized spacial score (nSPS) is 20.5. The molecule has 58 valence electrons. The van der Waals surface area contributed by atoms with Gasteiger partial charge in [0, 0.05) is 6.54 Å². The molecular formula is C9H17N. The van der Waals surface area contributed by atoms with E-state index in [-0.39, 0.29) is 0 Å². The van der Waals surface area contributed by atoms with Gasteiger partial charge in [0.25, 0.3) is 0 Å². The summed E-state index contributed by atoms with van der Waals surface area (Å²) in [7, 11) is 0. The SMILES string of the molecule is CC(C)C1=CCNCCC1. The molecule has 0 aromatic carbocycles. The molecular weight excluding hydrogens is 122 g/mol. The zero-order chi connectivity index (χ0) is 7.40. The van der Waals surface area contributed by atoms with Gasteiger partial charge in [-0.05, 0) is 25.3 Å². The first kappa shape index (κ1) is 7.80. The van der Waals surface area contributed by atoms with Crippen LogP contribution in [0.5, 0.6) is 0 Å². The monoisotopic (exact) mass is 139 g/mol. The fourth-order valence-electron chi connectivity index (χ4n) is 1.35. The molecule has 0 atom stereocenters. The van der Waals surface area contributed by atoms with E-state index in [1.165, 1.54) is 19.4 Å². The average molecular weight is 139 g/mol. The Morgan fingerprint density at radius 2 is 2.30 bits per heavy atom. The van der Waals surface area contributed by atoms with Crippen molar-refractivity contribution in [1.29, 1.82) is 0 Å². The molecule has 10 heavy (non-hydrogen) atoms. The van der Waals surface area contributed by atoms with E-state index in [0.29, 0.717) is 0 Å². The Kier molecular flexibility index (Phi) is 2.94. The van der Waals surface area contributed by atoms with Crippen molar-refractivity contribution in [2.24, 2.45) is 5.92 Å². The van der Waals surface area contributed by atoms with E-state index in [1.54, 1.807) is 5.57 Å². The van der Waals surface area contributed by atoms with Gasteiger partial charge in [-0.3, -0.25) is 0 Å². The van der Waals surface area contributed by atoms with Crippen LogP contribution in [0.3, 0.4) is 0 Å². The van der Waals surface area contributed by atoms with Crippen LogP contribution < -0.4 is 5.32 Å². The summed E-state index contributed by atoms with van der Waals surface area (Å²) in [5, 5.41) is 3.36. The van der Waals surface area contributed by atoms with Gasteiger partial charge in [0.05, 0.1) is 0 Å². The highest BCUT2D eigenvalue weighted by molar-refractivity contribution is 5.07. The first-order valence-electron chi connectivity index (χ1n) is 4.20. The highest BCUT2D eigenvalue weighted by Crippen LogP contribution is 2.16. The van der Waals surface area contributed by atoms with Crippen LogP contribution in [0.4, 0.5) is 0 Å². The lowest BCUT2D eigenvalue weighted by atomic mass is 9.99. The molecule has 0 bridgehead atoms. The van der Waals surface area contributed by atoms with Gasteiger partial charge in [-0.25, -0.2) is 0 Å². The molecule has 0 aliphatic carbocycles. The fourth-order valence-corrected chi connectivity index (χ4v) is 1.35. The molecule has 0 aromatic heterocycles. The molecule has 0 spiro atoms. The highest BCUT2D eigenvalue weighted by atomic mass is 14.8. The number of rotatable bonds is 1. The Balaban J connectivity index is 2.46. The Bertz CT molecular complexity index is 125. The molecule has 0 saturated carbocycles. The van der Waals surface area contributed by atoms with Crippen molar-refractivity contribution in [2.45, 2.75) is 26.7 Å². The quantitative estimate of drug-likeness (QED) is 0.547. The number of allylic oxidation sites excluding steroid dienone is 1. The van der Waals surface area contributed by atoms with Gasteiger partial charge in [-0.2, -0.15) is 0 Å². The summed E-state index contributed by atoms with van der Waals surface area (Å²) in [6, 6.07) is 0. The van der Waals surface area contributed by atoms with Gasteiger partial charge in [0.1, 0.15) is 0 Å². The second-order valence-corrected chi connectivity index (χ2v) is 3.24. The van der Waals surface area contributed by atoms with E-state index >= 15 is 0 Å². The van der Waals surface area contributed by atoms with Gasteiger partial charge in [-0.15, -0.1) is 0 Å². The van der Waals surface area contributed by atoms with Crippen molar-refractivity contribution in [2.75, 3.05) is 13.1 Å². The molecule has 0 aromatic rings. The number of hydrogen-bond donors (Lipinski definition) is 1. The summed E-state index contributed by atoms with van der Waals surface area (Å²) in [6.07, 6.45) is 4.95. The van der Waals surface area contributed by atoms with Crippen LogP contribution in [0.1, 0.15) is 26.7 Å². The molecule has 0 saturated heterocycles. The Morgan fingerprint density at radius 3 is 3.00 bits per heavy atom. The zero-order valence-electron chi connectivity index (χ0n) is 6.98. The van der Waals surface area contributed by atoms with E-state index in [2.05, 4.69) is 25.2 Å². The third-order valence-electron chi connectivity index (χ3n) is 2.07. The third kappa shape index (κ3) is 2.14. The Morgan fingerprint density at radius 1 is 1.50 bits per heavy atom. The lowest BCUT2D eigenvalue weighted by Gasteiger charge is -2.07. The molecule has 0 unspecified atom stereocenters. The van der Waals surface area contributed by atoms with Crippen LogP contribution in [0.2, 0.25) is 0 Å². The minimum absolute atomic E-state index is 0.750. The van der Waals surface area contributed by atoms with Crippen molar-refractivity contribution >= 4 is 0 Å². The summed E-state index contributed by atoms with van der Waals surface area (Å²) >= 11 is 0. The number of hydrogen-bond acceptors (Lipinski definition) is 1. The number of nitrogens with one attached hydrogen (secondary N) is 1. The van der Waals surface area contributed by atoms with Crippen LogP contribution in [0.25, 0.3) is 0 Å². The molecule has 1 nitrogen and oxygen atoms in total. The van der Waals surface area contributed by atoms with E-state index in [0.717, 1.165) is 12.5 Å². The molecule has 1 rings (SSSR count).